The molecule has 148 valence electrons. The average Bonchev–Trinajstić information content (AvgIpc) is 2.94. The Bertz CT molecular complexity index is 1180. The number of ether oxygens (including phenoxy) is 1. The summed E-state index contributed by atoms with van der Waals surface area (Å²) in [5.41, 5.74) is 1.67. The molecule has 0 fully saturated rings. The van der Waals surface area contributed by atoms with Crippen LogP contribution in [0.25, 0.3) is 11.1 Å². The van der Waals surface area contributed by atoms with Crippen LogP contribution in [0.2, 0.25) is 0 Å². The minimum Gasteiger partial charge on any atom is -0.495 e. The van der Waals surface area contributed by atoms with Gasteiger partial charge in [0.25, 0.3) is 0 Å². The molecule has 1 aromatic heterocycles. The number of nitrogens with zero attached hydrogens (tertiary/aromatic N) is 1. The van der Waals surface area contributed by atoms with Crippen molar-refractivity contribution in [3.8, 4) is 5.75 Å². The Morgan fingerprint density at radius 2 is 1.96 bits per heavy atom. The molecule has 3 aromatic rings. The molecule has 2 aromatic carbocycles. The summed E-state index contributed by atoms with van der Waals surface area (Å²) in [7, 11) is -2.10. The monoisotopic (exact) mass is 405 g/mol. The summed E-state index contributed by atoms with van der Waals surface area (Å²) < 4.78 is 36.9. The maximum absolute atomic E-state index is 12.3. The summed E-state index contributed by atoms with van der Waals surface area (Å²) in [5.74, 6) is -0.550. The lowest BCUT2D eigenvalue weighted by Gasteiger charge is -2.12. The normalized spacial score (nSPS) is 11.4. The molecule has 10 heteroatoms. The third-order valence-corrected chi connectivity index (χ3v) is 4.51. The van der Waals surface area contributed by atoms with Gasteiger partial charge < -0.3 is 14.5 Å². The van der Waals surface area contributed by atoms with Crippen LogP contribution in [-0.2, 0) is 21.4 Å². The standard InChI is InChI=1S/C18H19N3O6S/c1-26-15-8-7-12(11-13(15)20-28(2,24)25)19-17(22)9-10-21-14-5-3-4-6-16(14)27-18(21)23/h3-8,11,20H,9-10H2,1-2H3,(H,19,22). The van der Waals surface area contributed by atoms with Gasteiger partial charge in [0.1, 0.15) is 5.75 Å². The summed E-state index contributed by atoms with van der Waals surface area (Å²) >= 11 is 0. The number of benzene rings is 2. The largest absolute Gasteiger partial charge is 0.495 e. The molecule has 0 aliphatic rings. The summed E-state index contributed by atoms with van der Waals surface area (Å²) in [5, 5.41) is 2.67. The number of oxazole rings is 1. The summed E-state index contributed by atoms with van der Waals surface area (Å²) in [6.07, 6.45) is 1.05. The van der Waals surface area contributed by atoms with Gasteiger partial charge in [-0.15, -0.1) is 0 Å². The van der Waals surface area contributed by atoms with Crippen LogP contribution in [0.3, 0.4) is 0 Å². The van der Waals surface area contributed by atoms with Gasteiger partial charge in [-0.2, -0.15) is 0 Å². The SMILES string of the molecule is COc1ccc(NC(=O)CCn2c(=O)oc3ccccc32)cc1NS(C)(=O)=O. The van der Waals surface area contributed by atoms with Gasteiger partial charge in [0.2, 0.25) is 15.9 Å². The number of carbonyl (C=O) groups is 1. The molecule has 0 spiro atoms. The third-order valence-electron chi connectivity index (χ3n) is 3.91. The molecule has 0 saturated carbocycles. The molecule has 0 aliphatic heterocycles. The molecule has 3 rings (SSSR count). The number of aryl methyl sites for hydroxylation is 1. The number of nitrogens with one attached hydrogen (secondary N) is 2. The van der Waals surface area contributed by atoms with Crippen molar-refractivity contribution < 1.29 is 22.4 Å². The summed E-state index contributed by atoms with van der Waals surface area (Å²) in [4.78, 5) is 24.2. The van der Waals surface area contributed by atoms with Crippen molar-refractivity contribution in [2.75, 3.05) is 23.4 Å². The highest BCUT2D eigenvalue weighted by molar-refractivity contribution is 7.92. The molecule has 0 saturated heterocycles. The average molecular weight is 405 g/mol. The Hall–Kier alpha value is -3.27. The molecule has 1 heterocycles. The first kappa shape index (κ1) is 19.5. The lowest BCUT2D eigenvalue weighted by molar-refractivity contribution is -0.116. The van der Waals surface area contributed by atoms with E-state index in [1.165, 1.54) is 23.8 Å². The lowest BCUT2D eigenvalue weighted by Crippen LogP contribution is -2.20. The molecule has 0 aliphatic carbocycles. The highest BCUT2D eigenvalue weighted by Gasteiger charge is 2.13. The number of anilines is 2. The number of sulfonamides is 1. The van der Waals surface area contributed by atoms with Crippen molar-refractivity contribution in [2.45, 2.75) is 13.0 Å². The van der Waals surface area contributed by atoms with Crippen LogP contribution in [0.1, 0.15) is 6.42 Å². The molecule has 2 N–H and O–H groups in total. The van der Waals surface area contributed by atoms with E-state index in [9.17, 15) is 18.0 Å². The van der Waals surface area contributed by atoms with E-state index < -0.39 is 15.8 Å². The minimum atomic E-state index is -3.51. The quantitative estimate of drug-likeness (QED) is 0.620. The maximum Gasteiger partial charge on any atom is 0.419 e. The first-order valence-electron chi connectivity index (χ1n) is 8.31. The number of amides is 1. The van der Waals surface area contributed by atoms with Crippen molar-refractivity contribution in [3.05, 3.63) is 53.0 Å². The Kier molecular flexibility index (Phi) is 5.41. The Morgan fingerprint density at radius 3 is 2.68 bits per heavy atom. The predicted molar refractivity (Wildman–Crippen MR) is 105 cm³/mol. The molecule has 0 atom stereocenters. The van der Waals surface area contributed by atoms with E-state index in [4.69, 9.17) is 9.15 Å². The van der Waals surface area contributed by atoms with Gasteiger partial charge >= 0.3 is 5.76 Å². The molecular formula is C18H19N3O6S. The number of fused-ring (bicyclic) bond motifs is 1. The van der Waals surface area contributed by atoms with Gasteiger partial charge in [-0.25, -0.2) is 13.2 Å². The Morgan fingerprint density at radius 1 is 1.21 bits per heavy atom. The smallest absolute Gasteiger partial charge is 0.419 e. The van der Waals surface area contributed by atoms with Crippen molar-refractivity contribution in [1.29, 1.82) is 0 Å². The lowest BCUT2D eigenvalue weighted by atomic mass is 10.2. The zero-order chi connectivity index (χ0) is 20.3. The molecule has 0 bridgehead atoms. The predicted octanol–water partition coefficient (Wildman–Crippen LogP) is 2.00. The van der Waals surface area contributed by atoms with Crippen LogP contribution in [-0.4, -0.2) is 32.3 Å². The van der Waals surface area contributed by atoms with Crippen LogP contribution in [0, 0.1) is 0 Å². The van der Waals surface area contributed by atoms with E-state index in [0.29, 0.717) is 22.5 Å². The number of aromatic nitrogens is 1. The highest BCUT2D eigenvalue weighted by Crippen LogP contribution is 2.28. The fourth-order valence-corrected chi connectivity index (χ4v) is 3.29. The first-order valence-corrected chi connectivity index (χ1v) is 10.2. The number of rotatable bonds is 7. The van der Waals surface area contributed by atoms with Crippen LogP contribution in [0.5, 0.6) is 5.75 Å². The van der Waals surface area contributed by atoms with Gasteiger partial charge in [-0.3, -0.25) is 14.1 Å². The number of carbonyl (C=O) groups excluding carboxylic acids is 1. The topological polar surface area (TPSA) is 120 Å². The van der Waals surface area contributed by atoms with E-state index in [-0.39, 0.29) is 24.6 Å². The fourth-order valence-electron chi connectivity index (χ4n) is 2.73. The highest BCUT2D eigenvalue weighted by atomic mass is 32.2. The van der Waals surface area contributed by atoms with Crippen molar-refractivity contribution in [1.82, 2.24) is 4.57 Å². The number of methoxy groups -OCH3 is 1. The van der Waals surface area contributed by atoms with Crippen LogP contribution >= 0.6 is 0 Å². The van der Waals surface area contributed by atoms with E-state index >= 15 is 0 Å². The zero-order valence-electron chi connectivity index (χ0n) is 15.3. The molecule has 0 radical (unpaired) electrons. The Labute approximate surface area is 161 Å². The molecule has 9 nitrogen and oxygen atoms in total. The van der Waals surface area contributed by atoms with Gasteiger partial charge in [-0.05, 0) is 30.3 Å². The Balaban J connectivity index is 1.72. The second kappa shape index (κ2) is 7.77. The van der Waals surface area contributed by atoms with E-state index in [0.717, 1.165) is 6.26 Å². The second-order valence-electron chi connectivity index (χ2n) is 6.07. The van der Waals surface area contributed by atoms with Crippen molar-refractivity contribution >= 4 is 38.4 Å². The third kappa shape index (κ3) is 4.52. The van der Waals surface area contributed by atoms with Gasteiger partial charge in [0.05, 0.1) is 24.6 Å². The van der Waals surface area contributed by atoms with Crippen molar-refractivity contribution in [3.63, 3.8) is 0 Å². The van der Waals surface area contributed by atoms with E-state index in [1.807, 2.05) is 0 Å². The van der Waals surface area contributed by atoms with Gasteiger partial charge in [0, 0.05) is 18.7 Å². The molecule has 28 heavy (non-hydrogen) atoms. The van der Waals surface area contributed by atoms with Crippen molar-refractivity contribution in [2.24, 2.45) is 0 Å². The summed E-state index contributed by atoms with van der Waals surface area (Å²) in [6, 6.07) is 11.5. The zero-order valence-corrected chi connectivity index (χ0v) is 16.1. The number of hydrogen-bond donors (Lipinski definition) is 2. The minimum absolute atomic E-state index is 0.0320. The van der Waals surface area contributed by atoms with Crippen LogP contribution in [0.4, 0.5) is 11.4 Å². The van der Waals surface area contributed by atoms with E-state index in [1.54, 1.807) is 30.3 Å². The molecular weight excluding hydrogens is 386 g/mol. The molecule has 1 amide bonds. The van der Waals surface area contributed by atoms with E-state index in [2.05, 4.69) is 10.0 Å². The molecule has 0 unspecified atom stereocenters. The summed E-state index contributed by atoms with van der Waals surface area (Å²) in [6.45, 7) is 0.145. The maximum atomic E-state index is 12.3. The fraction of sp³-hybridized carbons (Fsp3) is 0.222. The van der Waals surface area contributed by atoms with Crippen LogP contribution < -0.4 is 20.5 Å². The van der Waals surface area contributed by atoms with Gasteiger partial charge in [-0.1, -0.05) is 12.1 Å². The number of hydrogen-bond acceptors (Lipinski definition) is 6. The second-order valence-corrected chi connectivity index (χ2v) is 7.82. The number of para-hydroxylation sites is 2. The first-order chi connectivity index (χ1) is 13.3. The van der Waals surface area contributed by atoms with Crippen LogP contribution in [0.15, 0.2) is 51.7 Å². The van der Waals surface area contributed by atoms with Gasteiger partial charge in [0.15, 0.2) is 5.58 Å².